The molecule has 3 aromatic rings. The Morgan fingerprint density at radius 1 is 1.15 bits per heavy atom. The molecule has 1 N–H and O–H groups in total. The zero-order chi connectivity index (χ0) is 19.6. The second-order valence-electron chi connectivity index (χ2n) is 6.56. The number of rotatable bonds is 5. The molecule has 0 saturated heterocycles. The van der Waals surface area contributed by atoms with E-state index in [2.05, 4.69) is 14.9 Å². The van der Waals surface area contributed by atoms with E-state index in [0.717, 1.165) is 22.6 Å². The molecule has 2 heterocycles. The van der Waals surface area contributed by atoms with E-state index in [4.69, 9.17) is 23.2 Å². The van der Waals surface area contributed by atoms with Crippen molar-refractivity contribution in [1.82, 2.24) is 14.9 Å². The summed E-state index contributed by atoms with van der Waals surface area (Å²) in [6, 6.07) is 12.9. The highest BCUT2D eigenvalue weighted by atomic mass is 35.5. The molecular weight excluding hydrogens is 381 g/mol. The number of aryl methyl sites for hydroxylation is 1. The summed E-state index contributed by atoms with van der Waals surface area (Å²) in [6.45, 7) is 6.50. The predicted octanol–water partition coefficient (Wildman–Crippen LogP) is 5.35. The fourth-order valence-corrected chi connectivity index (χ4v) is 3.37. The quantitative estimate of drug-likeness (QED) is 0.626. The number of hydrogen-bond acceptors (Lipinski definition) is 2. The first-order chi connectivity index (χ1) is 12.9. The monoisotopic (exact) mass is 401 g/mol. The van der Waals surface area contributed by atoms with Crippen molar-refractivity contribution in [3.05, 3.63) is 86.9 Å². The number of nitrogens with zero attached hydrogens (tertiary/aromatic N) is 2. The van der Waals surface area contributed by atoms with Crippen molar-refractivity contribution in [1.29, 1.82) is 0 Å². The van der Waals surface area contributed by atoms with E-state index in [9.17, 15) is 4.79 Å². The van der Waals surface area contributed by atoms with Gasteiger partial charge in [-0.2, -0.15) is 0 Å². The average Bonchev–Trinajstić information content (AvgIpc) is 2.93. The molecule has 4 nitrogen and oxygen atoms in total. The van der Waals surface area contributed by atoms with Gasteiger partial charge in [0.2, 0.25) is 0 Å². The van der Waals surface area contributed by atoms with Gasteiger partial charge in [0, 0.05) is 17.6 Å². The molecule has 0 aliphatic carbocycles. The molecule has 140 valence electrons. The number of pyridine rings is 1. The van der Waals surface area contributed by atoms with Crippen LogP contribution in [0.5, 0.6) is 0 Å². The molecule has 0 saturated carbocycles. The molecule has 1 atom stereocenters. The minimum atomic E-state index is -0.189. The van der Waals surface area contributed by atoms with Gasteiger partial charge in [-0.15, -0.1) is 0 Å². The zero-order valence-corrected chi connectivity index (χ0v) is 17.0. The van der Waals surface area contributed by atoms with Gasteiger partial charge in [0.25, 0.3) is 5.91 Å². The second kappa shape index (κ2) is 8.15. The van der Waals surface area contributed by atoms with Crippen molar-refractivity contribution < 1.29 is 4.79 Å². The van der Waals surface area contributed by atoms with Gasteiger partial charge in [-0.1, -0.05) is 35.3 Å². The number of carbonyl (C=O) groups is 1. The molecule has 0 fully saturated rings. The molecule has 1 aromatic carbocycles. The first kappa shape index (κ1) is 19.5. The topological polar surface area (TPSA) is 46.9 Å². The summed E-state index contributed by atoms with van der Waals surface area (Å²) in [6.07, 6.45) is 1.77. The number of carbonyl (C=O) groups excluding carboxylic acids is 1. The summed E-state index contributed by atoms with van der Waals surface area (Å²) in [5, 5.41) is 4.01. The van der Waals surface area contributed by atoms with Gasteiger partial charge in [-0.3, -0.25) is 9.78 Å². The maximum Gasteiger partial charge on any atom is 0.253 e. The van der Waals surface area contributed by atoms with Crippen LogP contribution in [0.4, 0.5) is 0 Å². The maximum atomic E-state index is 12.8. The number of amides is 1. The van der Waals surface area contributed by atoms with Crippen molar-refractivity contribution in [3.63, 3.8) is 0 Å². The van der Waals surface area contributed by atoms with Crippen LogP contribution < -0.4 is 5.32 Å². The van der Waals surface area contributed by atoms with Crippen molar-refractivity contribution in [2.75, 3.05) is 0 Å². The number of aromatic nitrogens is 2. The van der Waals surface area contributed by atoms with E-state index in [-0.39, 0.29) is 11.9 Å². The van der Waals surface area contributed by atoms with Gasteiger partial charge in [-0.25, -0.2) is 0 Å². The molecule has 0 aliphatic heterocycles. The van der Waals surface area contributed by atoms with E-state index in [1.807, 2.05) is 51.1 Å². The fourth-order valence-electron chi connectivity index (χ4n) is 3.07. The van der Waals surface area contributed by atoms with Gasteiger partial charge >= 0.3 is 0 Å². The van der Waals surface area contributed by atoms with Crippen LogP contribution in [-0.4, -0.2) is 15.5 Å². The number of nitrogens with one attached hydrogen (secondary N) is 1. The third-order valence-corrected chi connectivity index (χ3v) is 5.39. The predicted molar refractivity (Wildman–Crippen MR) is 110 cm³/mol. The van der Waals surface area contributed by atoms with Gasteiger partial charge in [-0.05, 0) is 56.7 Å². The molecule has 27 heavy (non-hydrogen) atoms. The minimum Gasteiger partial charge on any atom is -0.345 e. The fraction of sp³-hybridized carbons (Fsp3) is 0.238. The Morgan fingerprint density at radius 3 is 2.59 bits per heavy atom. The van der Waals surface area contributed by atoms with Crippen LogP contribution in [0.25, 0.3) is 0 Å². The SMILES string of the molecule is Cc1cc(C(=O)N[C@H](C)c2ccc(Cl)c(Cl)c2)c(C)n1Cc1ccccn1. The third-order valence-electron chi connectivity index (χ3n) is 4.66. The van der Waals surface area contributed by atoms with Gasteiger partial charge in [0.05, 0.1) is 33.9 Å². The summed E-state index contributed by atoms with van der Waals surface area (Å²) in [4.78, 5) is 17.2. The highest BCUT2D eigenvalue weighted by Crippen LogP contribution is 2.26. The summed E-state index contributed by atoms with van der Waals surface area (Å²) in [5.41, 5.74) is 4.45. The standard InChI is InChI=1S/C21H21Cl2N3O/c1-13-10-18(15(3)26(13)12-17-6-4-5-9-24-17)21(27)25-14(2)16-7-8-19(22)20(23)11-16/h4-11,14H,12H2,1-3H3,(H,25,27)/t14-/m1/s1. The van der Waals surface area contributed by atoms with Crippen LogP contribution in [0.15, 0.2) is 48.7 Å². The Bertz CT molecular complexity index is 967. The summed E-state index contributed by atoms with van der Waals surface area (Å²) in [7, 11) is 0. The molecule has 1 amide bonds. The highest BCUT2D eigenvalue weighted by molar-refractivity contribution is 6.42. The van der Waals surface area contributed by atoms with Crippen LogP contribution in [0, 0.1) is 13.8 Å². The lowest BCUT2D eigenvalue weighted by molar-refractivity contribution is 0.0939. The van der Waals surface area contributed by atoms with Crippen LogP contribution in [0.2, 0.25) is 10.0 Å². The molecular formula is C21H21Cl2N3O. The molecule has 0 spiro atoms. The lowest BCUT2D eigenvalue weighted by Crippen LogP contribution is -2.27. The summed E-state index contributed by atoms with van der Waals surface area (Å²) in [5.74, 6) is -0.117. The molecule has 2 aromatic heterocycles. The van der Waals surface area contributed by atoms with Crippen molar-refractivity contribution in [2.45, 2.75) is 33.4 Å². The highest BCUT2D eigenvalue weighted by Gasteiger charge is 2.18. The smallest absolute Gasteiger partial charge is 0.253 e. The van der Waals surface area contributed by atoms with E-state index in [1.54, 1.807) is 18.3 Å². The number of halogens is 2. The lowest BCUT2D eigenvalue weighted by Gasteiger charge is -2.15. The molecule has 0 aliphatic rings. The Balaban J connectivity index is 1.78. The molecule has 0 bridgehead atoms. The van der Waals surface area contributed by atoms with Crippen molar-refractivity contribution in [3.8, 4) is 0 Å². The third kappa shape index (κ3) is 4.34. The Kier molecular flexibility index (Phi) is 5.88. The Hall–Kier alpha value is -2.30. The molecule has 0 radical (unpaired) electrons. The van der Waals surface area contributed by atoms with Crippen LogP contribution in [-0.2, 0) is 6.54 Å². The number of benzene rings is 1. The minimum absolute atomic E-state index is 0.117. The molecule has 0 unspecified atom stereocenters. The molecule has 3 rings (SSSR count). The summed E-state index contributed by atoms with van der Waals surface area (Å²) >= 11 is 12.1. The first-order valence-electron chi connectivity index (χ1n) is 8.69. The van der Waals surface area contributed by atoms with Gasteiger partial charge in [0.15, 0.2) is 0 Å². The van der Waals surface area contributed by atoms with Crippen molar-refractivity contribution >= 4 is 29.1 Å². The van der Waals surface area contributed by atoms with E-state index < -0.39 is 0 Å². The average molecular weight is 402 g/mol. The van der Waals surface area contributed by atoms with Crippen LogP contribution in [0.3, 0.4) is 0 Å². The Labute approximate surface area is 169 Å². The molecule has 6 heteroatoms. The zero-order valence-electron chi connectivity index (χ0n) is 15.5. The normalized spacial score (nSPS) is 12.0. The van der Waals surface area contributed by atoms with E-state index >= 15 is 0 Å². The van der Waals surface area contributed by atoms with Gasteiger partial charge < -0.3 is 9.88 Å². The Morgan fingerprint density at radius 2 is 1.93 bits per heavy atom. The van der Waals surface area contributed by atoms with E-state index in [0.29, 0.717) is 22.2 Å². The second-order valence-corrected chi connectivity index (χ2v) is 7.38. The van der Waals surface area contributed by atoms with Crippen LogP contribution >= 0.6 is 23.2 Å². The van der Waals surface area contributed by atoms with Crippen LogP contribution in [0.1, 0.15) is 46.0 Å². The summed E-state index contributed by atoms with van der Waals surface area (Å²) < 4.78 is 2.10. The number of hydrogen-bond donors (Lipinski definition) is 1. The van der Waals surface area contributed by atoms with Crippen molar-refractivity contribution in [2.24, 2.45) is 0 Å². The van der Waals surface area contributed by atoms with Gasteiger partial charge in [0.1, 0.15) is 0 Å². The lowest BCUT2D eigenvalue weighted by atomic mass is 10.1. The van der Waals surface area contributed by atoms with E-state index in [1.165, 1.54) is 0 Å². The first-order valence-corrected chi connectivity index (χ1v) is 9.45. The largest absolute Gasteiger partial charge is 0.345 e. The maximum absolute atomic E-state index is 12.8.